The fourth-order valence-electron chi connectivity index (χ4n) is 15.6. The number of hydrogen-bond acceptors (Lipinski definition) is 19. The van der Waals surface area contributed by atoms with Gasteiger partial charge < -0.3 is 89.3 Å². The van der Waals surface area contributed by atoms with E-state index in [0.29, 0.717) is 32.1 Å². The van der Waals surface area contributed by atoms with Crippen molar-refractivity contribution in [2.24, 2.45) is 51.2 Å². The summed E-state index contributed by atoms with van der Waals surface area (Å²) in [6, 6.07) is 0. The molecule has 0 bridgehead atoms. The van der Waals surface area contributed by atoms with Crippen LogP contribution in [0.5, 0.6) is 0 Å². The fourth-order valence-corrected chi connectivity index (χ4v) is 15.6. The molecule has 68 heavy (non-hydrogen) atoms. The van der Waals surface area contributed by atoms with Crippen LogP contribution in [0.25, 0.3) is 0 Å². The van der Waals surface area contributed by atoms with E-state index < -0.39 is 157 Å². The third-order valence-electron chi connectivity index (χ3n) is 19.2. The first-order valence-corrected chi connectivity index (χ1v) is 24.4. The third-order valence-corrected chi connectivity index (χ3v) is 19.2. The van der Waals surface area contributed by atoms with E-state index in [2.05, 4.69) is 27.4 Å². The molecule has 0 radical (unpaired) electrons. The molecule has 0 aromatic carbocycles. The number of aliphatic carboxylic acids is 1. The number of carbonyl (C=O) groups is 2. The number of carbonyl (C=O) groups excluding carboxylic acids is 1. The molecule has 11 N–H and O–H groups in total. The number of carboxylic acids is 1. The second-order valence-corrected chi connectivity index (χ2v) is 22.9. The lowest BCUT2D eigenvalue weighted by Crippen LogP contribution is -2.69. The average Bonchev–Trinajstić information content (AvgIpc) is 3.76. The topological polar surface area (TPSA) is 321 Å². The summed E-state index contributed by atoms with van der Waals surface area (Å²) in [5, 5.41) is 119. The van der Waals surface area contributed by atoms with Gasteiger partial charge >= 0.3 is 11.9 Å². The maximum atomic E-state index is 15.0. The van der Waals surface area contributed by atoms with Crippen LogP contribution in [0.1, 0.15) is 99.8 Å². The quantitative estimate of drug-likeness (QED) is 0.0916. The molecule has 0 spiro atoms. The number of aliphatic hydroxyl groups is 10. The molecule has 26 atom stereocenters. The van der Waals surface area contributed by atoms with E-state index in [1.807, 2.05) is 20.8 Å². The second kappa shape index (κ2) is 18.5. The molecule has 4 aliphatic heterocycles. The molecular formula is C48H76O20. The minimum Gasteiger partial charge on any atom is -0.481 e. The highest BCUT2D eigenvalue weighted by Gasteiger charge is 2.76. The Morgan fingerprint density at radius 1 is 0.721 bits per heavy atom. The van der Waals surface area contributed by atoms with Crippen LogP contribution >= 0.6 is 0 Å². The van der Waals surface area contributed by atoms with Gasteiger partial charge in [-0.1, -0.05) is 32.9 Å². The Kier molecular flexibility index (Phi) is 14.3. The molecule has 4 aliphatic carbocycles. The number of ether oxygens (including phenoxy) is 7. The van der Waals surface area contributed by atoms with Crippen LogP contribution in [0.3, 0.4) is 0 Å². The zero-order valence-corrected chi connectivity index (χ0v) is 40.1. The molecule has 388 valence electrons. The van der Waals surface area contributed by atoms with Gasteiger partial charge in [0.2, 0.25) is 6.29 Å². The average molecular weight is 973 g/mol. The molecule has 4 saturated heterocycles. The molecule has 20 heteroatoms. The van der Waals surface area contributed by atoms with E-state index in [1.54, 1.807) is 0 Å². The molecule has 0 aromatic rings. The van der Waals surface area contributed by atoms with Gasteiger partial charge in [0.25, 0.3) is 0 Å². The van der Waals surface area contributed by atoms with Crippen LogP contribution in [-0.2, 0) is 42.7 Å². The second-order valence-electron chi connectivity index (χ2n) is 22.9. The lowest BCUT2D eigenvalue weighted by molar-refractivity contribution is -0.361. The van der Waals surface area contributed by atoms with Gasteiger partial charge in [-0.2, -0.15) is 0 Å². The number of esters is 1. The van der Waals surface area contributed by atoms with Crippen LogP contribution < -0.4 is 0 Å². The number of aliphatic hydroxyl groups excluding tert-OH is 10. The molecule has 8 aliphatic rings. The van der Waals surface area contributed by atoms with Crippen LogP contribution in [-0.4, -0.2) is 191 Å². The minimum absolute atomic E-state index is 0.0103. The number of allylic oxidation sites excluding steroid dienone is 1. The Balaban J connectivity index is 0.986. The monoisotopic (exact) mass is 972 g/mol. The van der Waals surface area contributed by atoms with Crippen molar-refractivity contribution < 1.29 is 98.9 Å². The van der Waals surface area contributed by atoms with Crippen molar-refractivity contribution in [2.45, 2.75) is 210 Å². The number of fused-ring (bicyclic) bond motifs is 7. The summed E-state index contributed by atoms with van der Waals surface area (Å²) in [6.45, 7) is 16.9. The lowest BCUT2D eigenvalue weighted by Gasteiger charge is -2.71. The maximum Gasteiger partial charge on any atom is 0.314 e. The van der Waals surface area contributed by atoms with Crippen LogP contribution in [0.15, 0.2) is 12.2 Å². The molecule has 26 unspecified atom stereocenters. The van der Waals surface area contributed by atoms with Gasteiger partial charge in [0.1, 0.15) is 67.1 Å². The van der Waals surface area contributed by atoms with Gasteiger partial charge in [0.05, 0.1) is 49.0 Å². The highest BCUT2D eigenvalue weighted by atomic mass is 16.8. The van der Waals surface area contributed by atoms with Gasteiger partial charge in [-0.3, -0.25) is 9.59 Å². The molecule has 4 saturated carbocycles. The number of rotatable bonds is 11. The van der Waals surface area contributed by atoms with E-state index in [-0.39, 0.29) is 36.0 Å². The Morgan fingerprint density at radius 2 is 1.35 bits per heavy atom. The predicted molar refractivity (Wildman–Crippen MR) is 232 cm³/mol. The van der Waals surface area contributed by atoms with Crippen LogP contribution in [0, 0.1) is 51.2 Å². The summed E-state index contributed by atoms with van der Waals surface area (Å²) < 4.78 is 41.2. The lowest BCUT2D eigenvalue weighted by atomic mass is 9.33. The summed E-state index contributed by atoms with van der Waals surface area (Å²) >= 11 is 0. The van der Waals surface area contributed by atoms with E-state index in [0.717, 1.165) is 18.4 Å². The molecule has 0 amide bonds. The van der Waals surface area contributed by atoms with E-state index >= 15 is 0 Å². The zero-order valence-electron chi connectivity index (χ0n) is 40.1. The first-order valence-electron chi connectivity index (χ1n) is 24.4. The van der Waals surface area contributed by atoms with E-state index in [1.165, 1.54) is 6.92 Å². The van der Waals surface area contributed by atoms with Crippen LogP contribution in [0.4, 0.5) is 0 Å². The summed E-state index contributed by atoms with van der Waals surface area (Å²) in [5.41, 5.74) is -2.37. The predicted octanol–water partition coefficient (Wildman–Crippen LogP) is -0.534. The first-order chi connectivity index (χ1) is 31.7. The van der Waals surface area contributed by atoms with E-state index in [9.17, 15) is 65.8 Å². The van der Waals surface area contributed by atoms with Crippen molar-refractivity contribution in [2.75, 3.05) is 13.2 Å². The standard InChI is InChI=1S/C48H76O20/c1-19(2)21-9-12-48(14-13-45(6)22(29(21)48)15-23(50)39-46(45,7)11-10-26-44(4,5)68-27(16-28(51)52)47(26,39)8)43(61)67-42-36(59)33(56)31(54)25(65-42)18-62-40-37(60)34(57)38(24(17-49)64-40)66-41-35(58)32(55)30(53)20(3)63-41/h20-27,29-42,49-50,53-60H,1,9-18H2,2-8H3,(H,51,52). The molecular weight excluding hydrogens is 897 g/mol. The Hall–Kier alpha value is -1.96. The third kappa shape index (κ3) is 8.03. The molecule has 20 nitrogen and oxygen atoms in total. The minimum atomic E-state index is -1.90. The molecule has 0 aromatic heterocycles. The highest BCUT2D eigenvalue weighted by molar-refractivity contribution is 5.78. The normalized spacial score (nSPS) is 54.2. The number of carboxylic acid groups (broad SMARTS) is 1. The SMILES string of the molecule is C=C(C)C1CCC2(C(=O)OC3OC(COC4OC(CO)C(OC5OC(C)C(O)C(O)C5O)C(O)C4O)C(O)C(O)C3O)CCC3(C)C(CC(O)C4C5(C)C(CC(=O)O)OC(C)(C)C5CCC43C)C12. The van der Waals surface area contributed by atoms with Crippen molar-refractivity contribution in [1.82, 2.24) is 0 Å². The molecule has 8 rings (SSSR count). The van der Waals surface area contributed by atoms with Crippen molar-refractivity contribution in [1.29, 1.82) is 0 Å². The molecule has 8 fully saturated rings. The fraction of sp³-hybridized carbons (Fsp3) is 0.917. The van der Waals surface area contributed by atoms with Crippen LogP contribution in [0.2, 0.25) is 0 Å². The molecule has 4 heterocycles. The van der Waals surface area contributed by atoms with Gasteiger partial charge in [-0.15, -0.1) is 0 Å². The smallest absolute Gasteiger partial charge is 0.314 e. The Labute approximate surface area is 396 Å². The summed E-state index contributed by atoms with van der Waals surface area (Å²) in [6.07, 6.45) is -22.4. The largest absolute Gasteiger partial charge is 0.481 e. The maximum absolute atomic E-state index is 15.0. The van der Waals surface area contributed by atoms with E-state index in [4.69, 9.17) is 33.2 Å². The highest BCUT2D eigenvalue weighted by Crippen LogP contribution is 2.78. The van der Waals surface area contributed by atoms with Crippen molar-refractivity contribution in [3.05, 3.63) is 12.2 Å². The Bertz CT molecular complexity index is 1880. The summed E-state index contributed by atoms with van der Waals surface area (Å²) in [4.78, 5) is 27.3. The van der Waals surface area contributed by atoms with Gasteiger partial charge in [0, 0.05) is 5.41 Å². The Morgan fingerprint density at radius 3 is 2.00 bits per heavy atom. The van der Waals surface area contributed by atoms with Gasteiger partial charge in [0.15, 0.2) is 12.6 Å². The summed E-state index contributed by atoms with van der Waals surface area (Å²) in [7, 11) is 0. The van der Waals surface area contributed by atoms with Gasteiger partial charge in [-0.25, -0.2) is 0 Å². The number of hydrogen-bond donors (Lipinski definition) is 11. The van der Waals surface area contributed by atoms with Gasteiger partial charge in [-0.05, 0) is 113 Å². The van der Waals surface area contributed by atoms with Crippen molar-refractivity contribution in [3.63, 3.8) is 0 Å². The van der Waals surface area contributed by atoms with Crippen molar-refractivity contribution in [3.8, 4) is 0 Å². The zero-order chi connectivity index (χ0) is 50.0. The summed E-state index contributed by atoms with van der Waals surface area (Å²) in [5.74, 6) is -2.58. The first kappa shape index (κ1) is 52.4. The van der Waals surface area contributed by atoms with Crippen molar-refractivity contribution >= 4 is 11.9 Å².